The van der Waals surface area contributed by atoms with Gasteiger partial charge in [-0.15, -0.1) is 0 Å². The lowest BCUT2D eigenvalue weighted by atomic mass is 10.1. The Hall–Kier alpha value is -1.67. The van der Waals surface area contributed by atoms with Crippen LogP contribution in [-0.2, 0) is 7.05 Å². The van der Waals surface area contributed by atoms with Crippen molar-refractivity contribution in [1.82, 2.24) is 9.55 Å². The number of nitrogens with one attached hydrogen (secondary N) is 1. The van der Waals surface area contributed by atoms with Crippen LogP contribution in [-0.4, -0.2) is 43.4 Å². The Labute approximate surface area is 91.7 Å². The van der Waals surface area contributed by atoms with Gasteiger partial charge in [0.05, 0.1) is 6.61 Å². The molecule has 0 aliphatic carbocycles. The molecule has 3 N–H and O–H groups in total. The predicted octanol–water partition coefficient (Wildman–Crippen LogP) is -0.517. The minimum atomic E-state index is -1.34. The molecule has 0 spiro atoms. The molecule has 0 aromatic carbocycles. The molecule has 0 saturated carbocycles. The number of aliphatic hydroxyl groups is 2. The average Bonchev–Trinajstić information content (AvgIpc) is 2.57. The molecule has 0 bridgehead atoms. The molecule has 8 nitrogen and oxygen atoms in total. The fourth-order valence-corrected chi connectivity index (χ4v) is 1.09. The van der Waals surface area contributed by atoms with Crippen LogP contribution >= 0.6 is 0 Å². The summed E-state index contributed by atoms with van der Waals surface area (Å²) in [6.45, 7) is 0.970. The van der Waals surface area contributed by atoms with E-state index in [1.807, 2.05) is 0 Å². The molecule has 0 saturated heterocycles. The second-order valence-electron chi connectivity index (χ2n) is 3.79. The molecule has 8 heteroatoms. The van der Waals surface area contributed by atoms with Gasteiger partial charge in [0.1, 0.15) is 5.60 Å². The van der Waals surface area contributed by atoms with Gasteiger partial charge in [-0.2, -0.15) is 0 Å². The maximum Gasteiger partial charge on any atom is 0.406 e. The highest BCUT2D eigenvalue weighted by Crippen LogP contribution is 2.21. The number of aromatic nitrogens is 2. The first-order valence-electron chi connectivity index (χ1n) is 4.60. The summed E-state index contributed by atoms with van der Waals surface area (Å²) in [5.41, 5.74) is -1.34. The minimum absolute atomic E-state index is 0.0100. The van der Waals surface area contributed by atoms with Crippen LogP contribution in [0.5, 0.6) is 0 Å². The van der Waals surface area contributed by atoms with Gasteiger partial charge in [-0.05, 0) is 16.8 Å². The van der Waals surface area contributed by atoms with E-state index in [0.717, 1.165) is 0 Å². The molecule has 1 atom stereocenters. The monoisotopic (exact) mass is 230 g/mol. The number of imidazole rings is 1. The quantitative estimate of drug-likeness (QED) is 0.463. The number of nitro groups is 1. The molecular weight excluding hydrogens is 216 g/mol. The van der Waals surface area contributed by atoms with Gasteiger partial charge in [0.25, 0.3) is 0 Å². The molecule has 1 unspecified atom stereocenters. The Morgan fingerprint density at radius 1 is 1.75 bits per heavy atom. The highest BCUT2D eigenvalue weighted by Gasteiger charge is 2.24. The Bertz CT molecular complexity index is 387. The fraction of sp³-hybridized carbons (Fsp3) is 0.625. The Morgan fingerprint density at radius 2 is 2.38 bits per heavy atom. The molecule has 0 aliphatic rings. The Morgan fingerprint density at radius 3 is 2.88 bits per heavy atom. The lowest BCUT2D eigenvalue weighted by Crippen LogP contribution is -2.37. The molecule has 1 aromatic heterocycles. The van der Waals surface area contributed by atoms with Crippen molar-refractivity contribution in [2.75, 3.05) is 18.5 Å². The maximum absolute atomic E-state index is 10.6. The smallest absolute Gasteiger partial charge is 0.393 e. The lowest BCUT2D eigenvalue weighted by molar-refractivity contribution is -0.388. The fourth-order valence-electron chi connectivity index (χ4n) is 1.09. The maximum atomic E-state index is 10.6. The summed E-state index contributed by atoms with van der Waals surface area (Å²) in [6.07, 6.45) is 1.30. The first-order chi connectivity index (χ1) is 7.37. The third kappa shape index (κ3) is 2.67. The van der Waals surface area contributed by atoms with E-state index in [1.54, 1.807) is 7.05 Å². The van der Waals surface area contributed by atoms with Crippen molar-refractivity contribution in [1.29, 1.82) is 0 Å². The van der Waals surface area contributed by atoms with E-state index in [1.165, 1.54) is 17.8 Å². The van der Waals surface area contributed by atoms with Gasteiger partial charge in [-0.1, -0.05) is 0 Å². The summed E-state index contributed by atoms with van der Waals surface area (Å²) in [5.74, 6) is -0.116. The molecule has 0 fully saturated rings. The highest BCUT2D eigenvalue weighted by atomic mass is 16.6. The molecule has 0 aliphatic heterocycles. The molecule has 0 radical (unpaired) electrons. The second kappa shape index (κ2) is 4.45. The second-order valence-corrected chi connectivity index (χ2v) is 3.79. The zero-order chi connectivity index (χ0) is 12.3. The number of anilines is 1. The van der Waals surface area contributed by atoms with Crippen molar-refractivity contribution < 1.29 is 15.1 Å². The topological polar surface area (TPSA) is 113 Å². The van der Waals surface area contributed by atoms with Crippen molar-refractivity contribution in [3.8, 4) is 0 Å². The van der Waals surface area contributed by atoms with Crippen LogP contribution in [0.25, 0.3) is 0 Å². The molecule has 1 heterocycles. The normalized spacial score (nSPS) is 14.5. The lowest BCUT2D eigenvalue weighted by Gasteiger charge is -2.20. The van der Waals surface area contributed by atoms with Crippen molar-refractivity contribution in [3.63, 3.8) is 0 Å². The van der Waals surface area contributed by atoms with Crippen LogP contribution < -0.4 is 5.32 Å². The summed E-state index contributed by atoms with van der Waals surface area (Å²) in [5, 5.41) is 31.6. The van der Waals surface area contributed by atoms with Gasteiger partial charge < -0.3 is 25.6 Å². The Kier molecular flexibility index (Phi) is 3.45. The zero-order valence-electron chi connectivity index (χ0n) is 9.04. The SMILES string of the molecule is Cn1cnc([N+](=O)[O-])c1NCC(C)(O)CO. The number of hydrogen-bond acceptors (Lipinski definition) is 6. The number of hydrogen-bond donors (Lipinski definition) is 3. The highest BCUT2D eigenvalue weighted by molar-refractivity contribution is 5.52. The molecule has 1 rings (SSSR count). The Balaban J connectivity index is 2.81. The first kappa shape index (κ1) is 12.4. The summed E-state index contributed by atoms with van der Waals surface area (Å²) < 4.78 is 1.44. The third-order valence-corrected chi connectivity index (χ3v) is 2.07. The molecule has 16 heavy (non-hydrogen) atoms. The van der Waals surface area contributed by atoms with Crippen LogP contribution in [0.4, 0.5) is 11.6 Å². The van der Waals surface area contributed by atoms with E-state index >= 15 is 0 Å². The molecular formula is C8H14N4O4. The third-order valence-electron chi connectivity index (χ3n) is 2.07. The number of nitrogens with zero attached hydrogens (tertiary/aromatic N) is 3. The molecule has 90 valence electrons. The van der Waals surface area contributed by atoms with Gasteiger partial charge in [0.15, 0.2) is 0 Å². The van der Waals surface area contributed by atoms with Crippen LogP contribution in [0.3, 0.4) is 0 Å². The largest absolute Gasteiger partial charge is 0.406 e. The summed E-state index contributed by atoms with van der Waals surface area (Å²) in [7, 11) is 1.59. The molecule has 1 aromatic rings. The van der Waals surface area contributed by atoms with E-state index < -0.39 is 17.1 Å². The number of rotatable bonds is 5. The molecule has 0 amide bonds. The summed E-state index contributed by atoms with van der Waals surface area (Å²) >= 11 is 0. The predicted molar refractivity (Wildman–Crippen MR) is 56.1 cm³/mol. The minimum Gasteiger partial charge on any atom is -0.393 e. The standard InChI is InChI=1S/C8H14N4O4/c1-8(14,4-13)3-9-6-7(12(15)16)10-5-11(6)2/h5,9,13-14H,3-4H2,1-2H3. The van der Waals surface area contributed by atoms with Crippen LogP contribution in [0.2, 0.25) is 0 Å². The summed E-state index contributed by atoms with van der Waals surface area (Å²) in [4.78, 5) is 13.6. The van der Waals surface area contributed by atoms with Crippen LogP contribution in [0.1, 0.15) is 6.92 Å². The van der Waals surface area contributed by atoms with E-state index in [-0.39, 0.29) is 18.2 Å². The van der Waals surface area contributed by atoms with Crippen LogP contribution in [0, 0.1) is 10.1 Å². The van der Waals surface area contributed by atoms with E-state index in [4.69, 9.17) is 5.11 Å². The van der Waals surface area contributed by atoms with E-state index in [0.29, 0.717) is 0 Å². The summed E-state index contributed by atoms with van der Waals surface area (Å²) in [6, 6.07) is 0. The van der Waals surface area contributed by atoms with Gasteiger partial charge in [0.2, 0.25) is 12.1 Å². The van der Waals surface area contributed by atoms with E-state index in [2.05, 4.69) is 10.3 Å². The van der Waals surface area contributed by atoms with Gasteiger partial charge in [0, 0.05) is 13.6 Å². The average molecular weight is 230 g/mol. The first-order valence-corrected chi connectivity index (χ1v) is 4.60. The van der Waals surface area contributed by atoms with Crippen molar-refractivity contribution in [3.05, 3.63) is 16.4 Å². The van der Waals surface area contributed by atoms with Crippen molar-refractivity contribution in [2.45, 2.75) is 12.5 Å². The van der Waals surface area contributed by atoms with Crippen molar-refractivity contribution in [2.24, 2.45) is 7.05 Å². The number of aryl methyl sites for hydroxylation is 1. The van der Waals surface area contributed by atoms with Gasteiger partial charge in [-0.25, -0.2) is 0 Å². The van der Waals surface area contributed by atoms with E-state index in [9.17, 15) is 15.2 Å². The number of aliphatic hydroxyl groups excluding tert-OH is 1. The van der Waals surface area contributed by atoms with Gasteiger partial charge >= 0.3 is 5.82 Å². The van der Waals surface area contributed by atoms with Gasteiger partial charge in [-0.3, -0.25) is 4.57 Å². The zero-order valence-corrected chi connectivity index (χ0v) is 9.04. The van der Waals surface area contributed by atoms with Crippen molar-refractivity contribution >= 4 is 11.6 Å². The van der Waals surface area contributed by atoms with Crippen LogP contribution in [0.15, 0.2) is 6.33 Å².